The minimum atomic E-state index is -0.779. The van der Waals surface area contributed by atoms with Crippen molar-refractivity contribution in [3.8, 4) is 0 Å². The van der Waals surface area contributed by atoms with E-state index in [-0.39, 0.29) is 30.8 Å². The summed E-state index contributed by atoms with van der Waals surface area (Å²) in [6.45, 7) is 4.53. The van der Waals surface area contributed by atoms with E-state index in [9.17, 15) is 14.4 Å². The molecule has 30 heavy (non-hydrogen) atoms. The number of likely N-dealkylation sites (tertiary alicyclic amines) is 1. The van der Waals surface area contributed by atoms with E-state index in [4.69, 9.17) is 10.5 Å². The zero-order chi connectivity index (χ0) is 21.6. The second kappa shape index (κ2) is 10.2. The molecule has 0 spiro atoms. The maximum absolute atomic E-state index is 12.6. The highest BCUT2D eigenvalue weighted by Crippen LogP contribution is 2.29. The number of amides is 2. The number of nitrogens with one attached hydrogen (secondary N) is 1. The average Bonchev–Trinajstić information content (AvgIpc) is 3.37. The largest absolute Gasteiger partial charge is 0.369 e. The first-order valence-electron chi connectivity index (χ1n) is 10.9. The van der Waals surface area contributed by atoms with E-state index in [1.165, 1.54) is 0 Å². The maximum Gasteiger partial charge on any atom is 0.223 e. The summed E-state index contributed by atoms with van der Waals surface area (Å²) in [5.41, 5.74) is 6.02. The van der Waals surface area contributed by atoms with Crippen LogP contribution in [0.5, 0.6) is 0 Å². The molecular weight excluding hydrogens is 382 g/mol. The van der Waals surface area contributed by atoms with E-state index < -0.39 is 17.4 Å². The van der Waals surface area contributed by atoms with E-state index in [0.717, 1.165) is 37.9 Å². The molecule has 0 aliphatic carbocycles. The van der Waals surface area contributed by atoms with Gasteiger partial charge in [0.1, 0.15) is 12.6 Å². The zero-order valence-electron chi connectivity index (χ0n) is 17.8. The molecule has 1 aromatic rings. The lowest BCUT2D eigenvalue weighted by Gasteiger charge is -2.27. The van der Waals surface area contributed by atoms with Gasteiger partial charge in [0.05, 0.1) is 6.10 Å². The van der Waals surface area contributed by atoms with Gasteiger partial charge in [-0.1, -0.05) is 37.3 Å². The van der Waals surface area contributed by atoms with Crippen LogP contribution in [0, 0.1) is 5.41 Å². The number of rotatable bonds is 10. The van der Waals surface area contributed by atoms with Gasteiger partial charge in [0.25, 0.3) is 0 Å². The van der Waals surface area contributed by atoms with Crippen LogP contribution in [0.3, 0.4) is 0 Å². The number of benzene rings is 1. The van der Waals surface area contributed by atoms with Crippen molar-refractivity contribution in [2.24, 2.45) is 11.1 Å². The Hall–Kier alpha value is -2.25. The van der Waals surface area contributed by atoms with Crippen LogP contribution in [0.4, 0.5) is 0 Å². The number of hydrogen-bond donors (Lipinski definition) is 2. The molecule has 2 saturated heterocycles. The molecule has 164 valence electrons. The molecule has 0 saturated carbocycles. The molecule has 3 N–H and O–H groups in total. The fourth-order valence-electron chi connectivity index (χ4n) is 4.21. The first kappa shape index (κ1) is 22.4. The van der Waals surface area contributed by atoms with Crippen molar-refractivity contribution >= 4 is 17.6 Å². The number of carbonyl (C=O) groups is 3. The lowest BCUT2D eigenvalue weighted by atomic mass is 9.79. The molecule has 0 radical (unpaired) electrons. The molecule has 7 heteroatoms. The minimum Gasteiger partial charge on any atom is -0.369 e. The van der Waals surface area contributed by atoms with Crippen molar-refractivity contribution in [1.82, 2.24) is 10.2 Å². The van der Waals surface area contributed by atoms with Crippen LogP contribution in [-0.4, -0.2) is 60.9 Å². The van der Waals surface area contributed by atoms with Gasteiger partial charge in [-0.15, -0.1) is 0 Å². The molecule has 2 fully saturated rings. The van der Waals surface area contributed by atoms with Crippen LogP contribution in [0.1, 0.15) is 44.6 Å². The second-order valence-electron chi connectivity index (χ2n) is 8.78. The predicted octanol–water partition coefficient (Wildman–Crippen LogP) is 1.44. The average molecular weight is 416 g/mol. The summed E-state index contributed by atoms with van der Waals surface area (Å²) in [6, 6.07) is 9.29. The van der Waals surface area contributed by atoms with E-state index in [1.54, 1.807) is 0 Å². The highest BCUT2D eigenvalue weighted by atomic mass is 16.5. The van der Waals surface area contributed by atoms with E-state index in [2.05, 4.69) is 10.2 Å². The lowest BCUT2D eigenvalue weighted by molar-refractivity contribution is -0.130. The summed E-state index contributed by atoms with van der Waals surface area (Å²) in [7, 11) is 0. The molecule has 3 rings (SSSR count). The Balaban J connectivity index is 1.51. The number of ketones is 1. The summed E-state index contributed by atoms with van der Waals surface area (Å²) in [5.74, 6) is -0.731. The smallest absolute Gasteiger partial charge is 0.223 e. The topological polar surface area (TPSA) is 102 Å². The third-order valence-electron chi connectivity index (χ3n) is 6.42. The normalized spacial score (nSPS) is 24.0. The van der Waals surface area contributed by atoms with Crippen LogP contribution in [0.25, 0.3) is 0 Å². The SMILES string of the molecule is CC(CCC(=O)NC1C(=O)COC1CN1CCCC1)(CCc1ccccc1)C(N)=O. The fraction of sp³-hybridized carbons (Fsp3) is 0.609. The summed E-state index contributed by atoms with van der Waals surface area (Å²) < 4.78 is 5.63. The standard InChI is InChI=1S/C23H33N3O4/c1-23(22(24)29,11-9-17-7-3-2-4-8-17)12-10-20(28)25-21-18(27)16-30-19(21)15-26-13-5-6-14-26/h2-4,7-8,19,21H,5-6,9-16H2,1H3,(H2,24,29)(H,25,28). The summed E-state index contributed by atoms with van der Waals surface area (Å²) >= 11 is 0. The number of Topliss-reactive ketones (excluding diaryl/α,β-unsaturated/α-hetero) is 1. The Morgan fingerprint density at radius 1 is 1.20 bits per heavy atom. The molecule has 3 unspecified atom stereocenters. The first-order valence-corrected chi connectivity index (χ1v) is 10.9. The first-order chi connectivity index (χ1) is 14.4. The molecule has 1 aromatic carbocycles. The Morgan fingerprint density at radius 3 is 2.57 bits per heavy atom. The summed E-state index contributed by atoms with van der Waals surface area (Å²) in [4.78, 5) is 39.2. The minimum absolute atomic E-state index is 0.0412. The maximum atomic E-state index is 12.6. The monoisotopic (exact) mass is 415 g/mol. The highest BCUT2D eigenvalue weighted by molar-refractivity contribution is 5.92. The van der Waals surface area contributed by atoms with Crippen molar-refractivity contribution in [2.45, 2.75) is 57.6 Å². The number of aryl methyl sites for hydroxylation is 1. The second-order valence-corrected chi connectivity index (χ2v) is 8.78. The van der Waals surface area contributed by atoms with Crippen molar-refractivity contribution in [3.63, 3.8) is 0 Å². The van der Waals surface area contributed by atoms with E-state index in [0.29, 0.717) is 19.4 Å². The summed E-state index contributed by atoms with van der Waals surface area (Å²) in [6.07, 6.45) is 3.80. The Bertz CT molecular complexity index is 748. The third kappa shape index (κ3) is 5.89. The van der Waals surface area contributed by atoms with E-state index >= 15 is 0 Å². The van der Waals surface area contributed by atoms with Crippen molar-refractivity contribution in [2.75, 3.05) is 26.2 Å². The molecule has 2 aliphatic rings. The van der Waals surface area contributed by atoms with Gasteiger partial charge < -0.3 is 20.7 Å². The molecule has 2 aliphatic heterocycles. The van der Waals surface area contributed by atoms with Crippen LogP contribution in [0.15, 0.2) is 30.3 Å². The van der Waals surface area contributed by atoms with Crippen LogP contribution < -0.4 is 11.1 Å². The molecular formula is C23H33N3O4. The summed E-state index contributed by atoms with van der Waals surface area (Å²) in [5, 5.41) is 2.85. The highest BCUT2D eigenvalue weighted by Gasteiger charge is 2.39. The Labute approximate surface area is 178 Å². The fourth-order valence-corrected chi connectivity index (χ4v) is 4.21. The van der Waals surface area contributed by atoms with Gasteiger partial charge in [-0.3, -0.25) is 14.4 Å². The van der Waals surface area contributed by atoms with Gasteiger partial charge in [-0.05, 0) is 50.8 Å². The molecule has 0 bridgehead atoms. The number of primary amides is 1. The molecule has 2 amide bonds. The zero-order valence-corrected chi connectivity index (χ0v) is 17.8. The molecule has 2 heterocycles. The Kier molecular flexibility index (Phi) is 7.61. The van der Waals surface area contributed by atoms with Crippen molar-refractivity contribution in [3.05, 3.63) is 35.9 Å². The number of nitrogens with zero attached hydrogens (tertiary/aromatic N) is 1. The van der Waals surface area contributed by atoms with Gasteiger partial charge in [0, 0.05) is 18.4 Å². The van der Waals surface area contributed by atoms with E-state index in [1.807, 2.05) is 37.3 Å². The van der Waals surface area contributed by atoms with Gasteiger partial charge >= 0.3 is 0 Å². The number of carbonyl (C=O) groups excluding carboxylic acids is 3. The lowest BCUT2D eigenvalue weighted by Crippen LogP contribution is -2.49. The Morgan fingerprint density at radius 2 is 1.90 bits per heavy atom. The van der Waals surface area contributed by atoms with Crippen LogP contribution >= 0.6 is 0 Å². The predicted molar refractivity (Wildman–Crippen MR) is 114 cm³/mol. The van der Waals surface area contributed by atoms with Crippen molar-refractivity contribution in [1.29, 1.82) is 0 Å². The number of nitrogens with two attached hydrogens (primary N) is 1. The van der Waals surface area contributed by atoms with Crippen molar-refractivity contribution < 1.29 is 19.1 Å². The van der Waals surface area contributed by atoms with Gasteiger partial charge in [-0.25, -0.2) is 0 Å². The quantitative estimate of drug-likeness (QED) is 0.602. The number of ether oxygens (including phenoxy) is 1. The van der Waals surface area contributed by atoms with Gasteiger partial charge in [0.2, 0.25) is 11.8 Å². The molecule has 3 atom stereocenters. The van der Waals surface area contributed by atoms with Gasteiger partial charge in [0.15, 0.2) is 5.78 Å². The van der Waals surface area contributed by atoms with Gasteiger partial charge in [-0.2, -0.15) is 0 Å². The van der Waals surface area contributed by atoms with Crippen LogP contribution in [-0.2, 0) is 25.5 Å². The van der Waals surface area contributed by atoms with Crippen LogP contribution in [0.2, 0.25) is 0 Å². The third-order valence-corrected chi connectivity index (χ3v) is 6.42. The molecule has 7 nitrogen and oxygen atoms in total. The molecule has 0 aromatic heterocycles. The number of hydrogen-bond acceptors (Lipinski definition) is 5.